The molecule has 0 aliphatic heterocycles. The van der Waals surface area contributed by atoms with Gasteiger partial charge in [0.05, 0.1) is 5.69 Å². The summed E-state index contributed by atoms with van der Waals surface area (Å²) in [6.45, 7) is 0.232. The lowest BCUT2D eigenvalue weighted by molar-refractivity contribution is 0.182. The first kappa shape index (κ1) is 9.89. The van der Waals surface area contributed by atoms with Gasteiger partial charge in [-0.2, -0.15) is 0 Å². The van der Waals surface area contributed by atoms with Gasteiger partial charge in [0.25, 0.3) is 0 Å². The second-order valence-corrected chi connectivity index (χ2v) is 4.49. The van der Waals surface area contributed by atoms with Gasteiger partial charge in [0.2, 0.25) is 0 Å². The van der Waals surface area contributed by atoms with Gasteiger partial charge in [-0.1, -0.05) is 0 Å². The van der Waals surface area contributed by atoms with Gasteiger partial charge in [0.1, 0.15) is 6.10 Å². The van der Waals surface area contributed by atoms with Crippen LogP contribution in [0.3, 0.4) is 0 Å². The molecule has 3 N–H and O–H groups in total. The second kappa shape index (κ2) is 3.84. The first-order valence-corrected chi connectivity index (χ1v) is 5.66. The molecule has 14 heavy (non-hydrogen) atoms. The van der Waals surface area contributed by atoms with Crippen molar-refractivity contribution in [1.29, 1.82) is 0 Å². The Morgan fingerprint density at radius 2 is 2.50 bits per heavy atom. The molecule has 1 heterocycles. The molecule has 1 aromatic rings. The molecule has 2 rings (SSSR count). The SMILES string of the molecule is CN(c1nc(C(O)CN)cs1)C1CC1. The minimum absolute atomic E-state index is 0.232. The van der Waals surface area contributed by atoms with Crippen molar-refractivity contribution in [2.75, 3.05) is 18.5 Å². The highest BCUT2D eigenvalue weighted by Gasteiger charge is 2.28. The number of hydrogen-bond donors (Lipinski definition) is 2. The fraction of sp³-hybridized carbons (Fsp3) is 0.667. The number of aromatic nitrogens is 1. The summed E-state index contributed by atoms with van der Waals surface area (Å²) in [5.41, 5.74) is 6.06. The maximum atomic E-state index is 9.48. The summed E-state index contributed by atoms with van der Waals surface area (Å²) >= 11 is 1.57. The average Bonchev–Trinajstić information content (AvgIpc) is 2.93. The molecule has 1 saturated carbocycles. The van der Waals surface area contributed by atoms with E-state index in [1.807, 2.05) is 5.38 Å². The zero-order valence-corrected chi connectivity index (χ0v) is 9.00. The largest absolute Gasteiger partial charge is 0.385 e. The third kappa shape index (κ3) is 1.89. The zero-order valence-electron chi connectivity index (χ0n) is 8.18. The molecule has 0 saturated heterocycles. The van der Waals surface area contributed by atoms with Gasteiger partial charge in [0, 0.05) is 25.0 Å². The highest BCUT2D eigenvalue weighted by molar-refractivity contribution is 7.13. The van der Waals surface area contributed by atoms with Crippen molar-refractivity contribution < 1.29 is 5.11 Å². The predicted molar refractivity (Wildman–Crippen MR) is 57.6 cm³/mol. The number of hydrogen-bond acceptors (Lipinski definition) is 5. The lowest BCUT2D eigenvalue weighted by Gasteiger charge is -2.13. The standard InChI is InChI=1S/C9H15N3OS/c1-12(6-2-3-6)9-11-7(5-14-9)8(13)4-10/h5-6,8,13H,2-4,10H2,1H3. The van der Waals surface area contributed by atoms with Gasteiger partial charge >= 0.3 is 0 Å². The maximum Gasteiger partial charge on any atom is 0.185 e. The Morgan fingerprint density at radius 1 is 1.79 bits per heavy atom. The number of nitrogens with two attached hydrogens (primary N) is 1. The van der Waals surface area contributed by atoms with Gasteiger partial charge in [-0.25, -0.2) is 4.98 Å². The van der Waals surface area contributed by atoms with E-state index in [1.165, 1.54) is 12.8 Å². The van der Waals surface area contributed by atoms with Crippen molar-refractivity contribution >= 4 is 16.5 Å². The molecule has 78 valence electrons. The summed E-state index contributed by atoms with van der Waals surface area (Å²) in [6, 6.07) is 0.656. The first-order valence-electron chi connectivity index (χ1n) is 4.78. The summed E-state index contributed by atoms with van der Waals surface area (Å²) < 4.78 is 0. The van der Waals surface area contributed by atoms with Gasteiger partial charge in [-0.15, -0.1) is 11.3 Å². The van der Waals surface area contributed by atoms with Crippen molar-refractivity contribution in [3.8, 4) is 0 Å². The average molecular weight is 213 g/mol. The molecule has 0 spiro atoms. The van der Waals surface area contributed by atoms with Gasteiger partial charge in [-0.05, 0) is 12.8 Å². The van der Waals surface area contributed by atoms with E-state index in [-0.39, 0.29) is 6.54 Å². The van der Waals surface area contributed by atoms with Crippen LogP contribution in [0.5, 0.6) is 0 Å². The van der Waals surface area contributed by atoms with Crippen LogP contribution in [0.15, 0.2) is 5.38 Å². The molecule has 0 aromatic carbocycles. The Bertz CT molecular complexity index is 311. The van der Waals surface area contributed by atoms with Crippen LogP contribution in [0.1, 0.15) is 24.6 Å². The fourth-order valence-electron chi connectivity index (χ4n) is 1.33. The molecule has 1 atom stereocenters. The van der Waals surface area contributed by atoms with Crippen LogP contribution in [0.4, 0.5) is 5.13 Å². The number of aliphatic hydroxyl groups excluding tert-OH is 1. The molecule has 4 nitrogen and oxygen atoms in total. The quantitative estimate of drug-likeness (QED) is 0.774. The third-order valence-corrected chi connectivity index (χ3v) is 3.42. The van der Waals surface area contributed by atoms with Gasteiger partial charge < -0.3 is 15.7 Å². The Kier molecular flexibility index (Phi) is 2.71. The number of anilines is 1. The minimum atomic E-state index is -0.618. The molecule has 1 fully saturated rings. The topological polar surface area (TPSA) is 62.4 Å². The van der Waals surface area contributed by atoms with E-state index in [0.717, 1.165) is 5.13 Å². The normalized spacial score (nSPS) is 18.2. The maximum absolute atomic E-state index is 9.48. The molecular weight excluding hydrogens is 198 g/mol. The van der Waals surface area contributed by atoms with E-state index in [9.17, 15) is 5.11 Å². The van der Waals surface area contributed by atoms with Crippen molar-refractivity contribution in [2.45, 2.75) is 25.0 Å². The number of thiazole rings is 1. The summed E-state index contributed by atoms with van der Waals surface area (Å²) in [7, 11) is 2.05. The van der Waals surface area contributed by atoms with Gasteiger partial charge in [0.15, 0.2) is 5.13 Å². The van der Waals surface area contributed by atoms with Crippen molar-refractivity contribution in [2.24, 2.45) is 5.73 Å². The zero-order chi connectivity index (χ0) is 10.1. The van der Waals surface area contributed by atoms with Crippen molar-refractivity contribution in [1.82, 2.24) is 4.98 Å². The third-order valence-electron chi connectivity index (χ3n) is 2.47. The van der Waals surface area contributed by atoms with E-state index in [1.54, 1.807) is 11.3 Å². The molecule has 0 bridgehead atoms. The molecule has 1 aliphatic rings. The highest BCUT2D eigenvalue weighted by atomic mass is 32.1. The molecule has 0 radical (unpaired) electrons. The van der Waals surface area contributed by atoms with Crippen LogP contribution in [0, 0.1) is 0 Å². The van der Waals surface area contributed by atoms with E-state index in [0.29, 0.717) is 11.7 Å². The predicted octanol–water partition coefficient (Wildman–Crippen LogP) is 0.734. The Balaban J connectivity index is 2.08. The van der Waals surface area contributed by atoms with Crippen LogP contribution in [-0.4, -0.2) is 29.7 Å². The first-order chi connectivity index (χ1) is 6.72. The van der Waals surface area contributed by atoms with E-state index in [2.05, 4.69) is 16.9 Å². The molecule has 5 heteroatoms. The van der Waals surface area contributed by atoms with Gasteiger partial charge in [-0.3, -0.25) is 0 Å². The second-order valence-electron chi connectivity index (χ2n) is 3.65. The minimum Gasteiger partial charge on any atom is -0.385 e. The molecule has 1 aromatic heterocycles. The monoisotopic (exact) mass is 213 g/mol. The summed E-state index contributed by atoms with van der Waals surface area (Å²) in [6.07, 6.45) is 1.89. The lowest BCUT2D eigenvalue weighted by Crippen LogP contribution is -2.19. The highest BCUT2D eigenvalue weighted by Crippen LogP contribution is 2.32. The van der Waals surface area contributed by atoms with E-state index < -0.39 is 6.10 Å². The van der Waals surface area contributed by atoms with Crippen LogP contribution < -0.4 is 10.6 Å². The van der Waals surface area contributed by atoms with E-state index >= 15 is 0 Å². The number of rotatable bonds is 4. The Morgan fingerprint density at radius 3 is 3.07 bits per heavy atom. The lowest BCUT2D eigenvalue weighted by atomic mass is 10.3. The number of nitrogens with zero attached hydrogens (tertiary/aromatic N) is 2. The Hall–Kier alpha value is -0.650. The molecule has 1 aliphatic carbocycles. The summed E-state index contributed by atoms with van der Waals surface area (Å²) in [4.78, 5) is 6.53. The molecular formula is C9H15N3OS. The van der Waals surface area contributed by atoms with Crippen LogP contribution in [0.2, 0.25) is 0 Å². The number of aliphatic hydroxyl groups is 1. The van der Waals surface area contributed by atoms with Crippen molar-refractivity contribution in [3.63, 3.8) is 0 Å². The smallest absolute Gasteiger partial charge is 0.185 e. The van der Waals surface area contributed by atoms with Crippen molar-refractivity contribution in [3.05, 3.63) is 11.1 Å². The molecule has 0 amide bonds. The summed E-state index contributed by atoms with van der Waals surface area (Å²) in [5, 5.41) is 12.3. The molecule has 1 unspecified atom stereocenters. The van der Waals surface area contributed by atoms with Crippen LogP contribution >= 0.6 is 11.3 Å². The fourth-order valence-corrected chi connectivity index (χ4v) is 2.24. The summed E-state index contributed by atoms with van der Waals surface area (Å²) in [5.74, 6) is 0. The van der Waals surface area contributed by atoms with E-state index in [4.69, 9.17) is 5.73 Å². The Labute approximate surface area is 87.4 Å². The van der Waals surface area contributed by atoms with Crippen LogP contribution in [0.25, 0.3) is 0 Å². The van der Waals surface area contributed by atoms with Crippen LogP contribution in [-0.2, 0) is 0 Å².